The second-order valence-corrected chi connectivity index (χ2v) is 7.42. The topological polar surface area (TPSA) is 65.7 Å². The standard InChI is InChI=1S/C14H34N2O3Si/c1-4-17-20(18-5-2,19-6-3)14-10-9-13-16-12-8-7-11-15/h16H,4-15H2,1-3H3. The van der Waals surface area contributed by atoms with Gasteiger partial charge in [-0.2, -0.15) is 0 Å². The van der Waals surface area contributed by atoms with Crippen molar-refractivity contribution in [2.24, 2.45) is 5.73 Å². The summed E-state index contributed by atoms with van der Waals surface area (Å²) in [6, 6.07) is 0.910. The third-order valence-electron chi connectivity index (χ3n) is 2.99. The van der Waals surface area contributed by atoms with Crippen LogP contribution in [-0.2, 0) is 13.3 Å². The van der Waals surface area contributed by atoms with Gasteiger partial charge in [0, 0.05) is 25.9 Å². The van der Waals surface area contributed by atoms with Crippen molar-refractivity contribution in [1.82, 2.24) is 5.32 Å². The van der Waals surface area contributed by atoms with Crippen molar-refractivity contribution in [1.29, 1.82) is 0 Å². The number of hydrogen-bond acceptors (Lipinski definition) is 5. The predicted octanol–water partition coefficient (Wildman–Crippen LogP) is 2.14. The van der Waals surface area contributed by atoms with E-state index in [1.165, 1.54) is 0 Å². The number of nitrogens with two attached hydrogens (primary N) is 1. The summed E-state index contributed by atoms with van der Waals surface area (Å²) in [5, 5.41) is 3.44. The SMILES string of the molecule is CCO[Si](CCCCNCCCCN)(OCC)OCC. The number of hydrogen-bond donors (Lipinski definition) is 2. The Bertz CT molecular complexity index is 192. The molecule has 0 aromatic carbocycles. The van der Waals surface area contributed by atoms with E-state index in [0.29, 0.717) is 19.8 Å². The van der Waals surface area contributed by atoms with E-state index in [9.17, 15) is 0 Å². The molecule has 0 fully saturated rings. The van der Waals surface area contributed by atoms with Gasteiger partial charge in [0.2, 0.25) is 0 Å². The van der Waals surface area contributed by atoms with Crippen LogP contribution in [0.25, 0.3) is 0 Å². The van der Waals surface area contributed by atoms with Gasteiger partial charge in [0.15, 0.2) is 0 Å². The van der Waals surface area contributed by atoms with Crippen LogP contribution in [0.3, 0.4) is 0 Å². The van der Waals surface area contributed by atoms with Gasteiger partial charge in [0.25, 0.3) is 0 Å². The van der Waals surface area contributed by atoms with Crippen molar-refractivity contribution in [2.75, 3.05) is 39.5 Å². The molecular formula is C14H34N2O3Si. The Morgan fingerprint density at radius 2 is 1.30 bits per heavy atom. The van der Waals surface area contributed by atoms with Gasteiger partial charge in [0.1, 0.15) is 0 Å². The van der Waals surface area contributed by atoms with Crippen LogP contribution in [0.4, 0.5) is 0 Å². The highest BCUT2D eigenvalue weighted by molar-refractivity contribution is 6.60. The molecular weight excluding hydrogens is 272 g/mol. The second-order valence-electron chi connectivity index (χ2n) is 4.68. The minimum atomic E-state index is -2.42. The number of nitrogens with one attached hydrogen (secondary N) is 1. The van der Waals surface area contributed by atoms with E-state index in [1.54, 1.807) is 0 Å². The first kappa shape index (κ1) is 20.0. The zero-order chi connectivity index (χ0) is 15.1. The van der Waals surface area contributed by atoms with Gasteiger partial charge in [-0.05, 0) is 66.1 Å². The van der Waals surface area contributed by atoms with Crippen molar-refractivity contribution in [2.45, 2.75) is 52.5 Å². The van der Waals surface area contributed by atoms with Gasteiger partial charge in [-0.1, -0.05) is 0 Å². The van der Waals surface area contributed by atoms with E-state index in [1.807, 2.05) is 20.8 Å². The first-order valence-electron chi connectivity index (χ1n) is 8.07. The molecule has 0 aliphatic carbocycles. The highest BCUT2D eigenvalue weighted by atomic mass is 28.4. The maximum absolute atomic E-state index is 5.83. The average molecular weight is 307 g/mol. The smallest absolute Gasteiger partial charge is 0.374 e. The van der Waals surface area contributed by atoms with Gasteiger partial charge in [-0.25, -0.2) is 0 Å². The van der Waals surface area contributed by atoms with Gasteiger partial charge in [0.05, 0.1) is 0 Å². The highest BCUT2D eigenvalue weighted by Gasteiger charge is 2.39. The monoisotopic (exact) mass is 306 g/mol. The second kappa shape index (κ2) is 14.0. The molecule has 0 spiro atoms. The molecule has 0 unspecified atom stereocenters. The Hall–Kier alpha value is 0.0169. The predicted molar refractivity (Wildman–Crippen MR) is 85.8 cm³/mol. The summed E-state index contributed by atoms with van der Waals surface area (Å²) < 4.78 is 17.5. The normalized spacial score (nSPS) is 12.0. The van der Waals surface area contributed by atoms with Crippen molar-refractivity contribution >= 4 is 8.80 Å². The average Bonchev–Trinajstić information content (AvgIpc) is 2.43. The molecule has 0 aliphatic rings. The first-order valence-corrected chi connectivity index (χ1v) is 10.0. The fourth-order valence-electron chi connectivity index (χ4n) is 2.11. The third-order valence-corrected chi connectivity index (χ3v) is 6.14. The molecule has 20 heavy (non-hydrogen) atoms. The molecule has 6 heteroatoms. The van der Waals surface area contributed by atoms with E-state index in [0.717, 1.165) is 51.4 Å². The molecule has 0 bridgehead atoms. The van der Waals surface area contributed by atoms with Crippen LogP contribution >= 0.6 is 0 Å². The van der Waals surface area contributed by atoms with Gasteiger partial charge in [-0.3, -0.25) is 0 Å². The van der Waals surface area contributed by atoms with E-state index in [-0.39, 0.29) is 0 Å². The summed E-state index contributed by atoms with van der Waals surface area (Å²) in [6.07, 6.45) is 4.47. The molecule has 0 saturated carbocycles. The van der Waals surface area contributed by atoms with E-state index < -0.39 is 8.80 Å². The highest BCUT2D eigenvalue weighted by Crippen LogP contribution is 2.19. The summed E-state index contributed by atoms with van der Waals surface area (Å²) in [7, 11) is -2.42. The summed E-state index contributed by atoms with van der Waals surface area (Å²) in [6.45, 7) is 10.8. The molecule has 0 aromatic heterocycles. The molecule has 0 amide bonds. The quantitative estimate of drug-likeness (QED) is 0.358. The van der Waals surface area contributed by atoms with Crippen LogP contribution in [-0.4, -0.2) is 48.3 Å². The maximum Gasteiger partial charge on any atom is 0.500 e. The molecule has 3 N–H and O–H groups in total. The molecule has 0 rings (SSSR count). The first-order chi connectivity index (χ1) is 9.74. The zero-order valence-electron chi connectivity index (χ0n) is 13.6. The van der Waals surface area contributed by atoms with Crippen LogP contribution in [0, 0.1) is 0 Å². The fourth-order valence-corrected chi connectivity index (χ4v) is 4.80. The molecule has 0 saturated heterocycles. The number of rotatable bonds is 15. The summed E-state index contributed by atoms with van der Waals surface area (Å²) in [5.74, 6) is 0. The minimum Gasteiger partial charge on any atom is -0.374 e. The lowest BCUT2D eigenvalue weighted by Gasteiger charge is -2.28. The van der Waals surface area contributed by atoms with Crippen molar-refractivity contribution in [3.63, 3.8) is 0 Å². The van der Waals surface area contributed by atoms with E-state index >= 15 is 0 Å². The number of unbranched alkanes of at least 4 members (excludes halogenated alkanes) is 2. The van der Waals surface area contributed by atoms with Crippen LogP contribution in [0.5, 0.6) is 0 Å². The maximum atomic E-state index is 5.83. The molecule has 0 aliphatic heterocycles. The van der Waals surface area contributed by atoms with E-state index in [4.69, 9.17) is 19.0 Å². The molecule has 0 atom stereocenters. The fraction of sp³-hybridized carbons (Fsp3) is 1.00. The summed E-state index contributed by atoms with van der Waals surface area (Å²) >= 11 is 0. The van der Waals surface area contributed by atoms with Crippen LogP contribution in [0.1, 0.15) is 46.5 Å². The summed E-state index contributed by atoms with van der Waals surface area (Å²) in [5.41, 5.74) is 5.46. The Morgan fingerprint density at radius 1 is 0.800 bits per heavy atom. The van der Waals surface area contributed by atoms with Crippen LogP contribution < -0.4 is 11.1 Å². The summed E-state index contributed by atoms with van der Waals surface area (Å²) in [4.78, 5) is 0. The Kier molecular flexibility index (Phi) is 14.0. The zero-order valence-corrected chi connectivity index (χ0v) is 14.6. The molecule has 5 nitrogen and oxygen atoms in total. The third kappa shape index (κ3) is 9.85. The van der Waals surface area contributed by atoms with Crippen LogP contribution in [0.15, 0.2) is 0 Å². The minimum absolute atomic E-state index is 0.656. The van der Waals surface area contributed by atoms with Crippen molar-refractivity contribution in [3.05, 3.63) is 0 Å². The Balaban J connectivity index is 3.82. The Morgan fingerprint density at radius 3 is 1.75 bits per heavy atom. The lowest BCUT2D eigenvalue weighted by atomic mass is 10.3. The van der Waals surface area contributed by atoms with Gasteiger partial charge < -0.3 is 24.3 Å². The van der Waals surface area contributed by atoms with Crippen molar-refractivity contribution < 1.29 is 13.3 Å². The lowest BCUT2D eigenvalue weighted by Crippen LogP contribution is -2.46. The lowest BCUT2D eigenvalue weighted by molar-refractivity contribution is 0.0707. The van der Waals surface area contributed by atoms with Gasteiger partial charge >= 0.3 is 8.80 Å². The molecule has 122 valence electrons. The molecule has 0 aromatic rings. The van der Waals surface area contributed by atoms with Crippen LogP contribution in [0.2, 0.25) is 6.04 Å². The van der Waals surface area contributed by atoms with Crippen molar-refractivity contribution in [3.8, 4) is 0 Å². The van der Waals surface area contributed by atoms with Gasteiger partial charge in [-0.15, -0.1) is 0 Å². The largest absolute Gasteiger partial charge is 0.500 e. The molecule has 0 radical (unpaired) electrons. The van der Waals surface area contributed by atoms with E-state index in [2.05, 4.69) is 5.32 Å². The Labute approximate surface area is 125 Å². The molecule has 0 heterocycles.